The quantitative estimate of drug-likeness (QED) is 0.348. The zero-order chi connectivity index (χ0) is 24.2. The van der Waals surface area contributed by atoms with E-state index in [2.05, 4.69) is 35.1 Å². The van der Waals surface area contributed by atoms with E-state index >= 15 is 0 Å². The van der Waals surface area contributed by atoms with Crippen LogP contribution in [0.15, 0.2) is 77.8 Å². The van der Waals surface area contributed by atoms with Gasteiger partial charge in [-0.05, 0) is 47.7 Å². The van der Waals surface area contributed by atoms with E-state index < -0.39 is 0 Å². The molecule has 6 heteroatoms. The van der Waals surface area contributed by atoms with Crippen LogP contribution >= 0.6 is 11.8 Å². The van der Waals surface area contributed by atoms with Crippen molar-refractivity contribution in [3.8, 4) is 0 Å². The Kier molecular flexibility index (Phi) is 7.09. The van der Waals surface area contributed by atoms with Gasteiger partial charge >= 0.3 is 0 Å². The van der Waals surface area contributed by atoms with E-state index in [0.29, 0.717) is 30.3 Å². The molecule has 1 aromatic heterocycles. The molecule has 0 radical (unpaired) electrons. The minimum atomic E-state index is -0.0664. The first-order valence-electron chi connectivity index (χ1n) is 12.3. The van der Waals surface area contributed by atoms with Crippen molar-refractivity contribution in [2.24, 2.45) is 5.92 Å². The summed E-state index contributed by atoms with van der Waals surface area (Å²) in [4.78, 5) is 28.6. The first-order chi connectivity index (χ1) is 17.1. The summed E-state index contributed by atoms with van der Waals surface area (Å²) in [7, 11) is 0. The maximum absolute atomic E-state index is 12.7. The fraction of sp³-hybridized carbons (Fsp3) is 0.310. The van der Waals surface area contributed by atoms with Crippen LogP contribution in [0.4, 0.5) is 0 Å². The number of hydrogen-bond donors (Lipinski definition) is 1. The van der Waals surface area contributed by atoms with Crippen LogP contribution < -0.4 is 5.32 Å². The van der Waals surface area contributed by atoms with E-state index in [1.54, 1.807) is 11.8 Å². The van der Waals surface area contributed by atoms with E-state index in [0.717, 1.165) is 52.5 Å². The number of likely N-dealkylation sites (tertiary alicyclic amines) is 1. The number of benzene rings is 3. The van der Waals surface area contributed by atoms with Crippen LogP contribution in [-0.4, -0.2) is 46.7 Å². The van der Waals surface area contributed by atoms with Crippen LogP contribution in [0.5, 0.6) is 0 Å². The predicted molar refractivity (Wildman–Crippen MR) is 144 cm³/mol. The molecule has 2 amide bonds. The number of rotatable bonds is 7. The Bertz CT molecular complexity index is 1350. The predicted octanol–water partition coefficient (Wildman–Crippen LogP) is 5.58. The van der Waals surface area contributed by atoms with Crippen molar-refractivity contribution < 1.29 is 9.59 Å². The van der Waals surface area contributed by atoms with Crippen molar-refractivity contribution in [3.05, 3.63) is 78.5 Å². The molecule has 1 fully saturated rings. The number of amides is 2. The Morgan fingerprint density at radius 2 is 1.71 bits per heavy atom. The Labute approximate surface area is 210 Å². The number of nitrogens with one attached hydrogen (secondary N) is 1. The zero-order valence-corrected chi connectivity index (χ0v) is 20.9. The second kappa shape index (κ2) is 10.6. The zero-order valence-electron chi connectivity index (χ0n) is 20.1. The molecule has 1 saturated heterocycles. The third kappa shape index (κ3) is 5.38. The Balaban J connectivity index is 1.21. The minimum absolute atomic E-state index is 0.0664. The van der Waals surface area contributed by atoms with Gasteiger partial charge in [-0.15, -0.1) is 11.8 Å². The highest BCUT2D eigenvalue weighted by Crippen LogP contribution is 2.30. The Hall–Kier alpha value is -3.25. The van der Waals surface area contributed by atoms with Crippen molar-refractivity contribution in [2.75, 3.05) is 25.4 Å². The SMILES string of the molecule is CC1CCN(C(=O)CSc2cn(CCNC(=O)c3ccc4ccccc4c3)c3ccccc23)CC1. The highest BCUT2D eigenvalue weighted by Gasteiger charge is 2.21. The maximum atomic E-state index is 12.7. The van der Waals surface area contributed by atoms with Crippen LogP contribution in [0, 0.1) is 5.92 Å². The number of carbonyl (C=O) groups excluding carboxylic acids is 2. The number of hydrogen-bond acceptors (Lipinski definition) is 3. The molecule has 1 aliphatic heterocycles. The van der Waals surface area contributed by atoms with E-state index in [1.807, 2.05) is 59.5 Å². The number of carbonyl (C=O) groups is 2. The smallest absolute Gasteiger partial charge is 0.251 e. The first-order valence-corrected chi connectivity index (χ1v) is 13.3. The third-order valence-electron chi connectivity index (χ3n) is 6.89. The maximum Gasteiger partial charge on any atom is 0.251 e. The molecular weight excluding hydrogens is 454 g/mol. The summed E-state index contributed by atoms with van der Waals surface area (Å²) >= 11 is 1.61. The minimum Gasteiger partial charge on any atom is -0.350 e. The van der Waals surface area contributed by atoms with Gasteiger partial charge in [0, 0.05) is 53.7 Å². The van der Waals surface area contributed by atoms with Gasteiger partial charge in [-0.3, -0.25) is 9.59 Å². The topological polar surface area (TPSA) is 54.3 Å². The fourth-order valence-corrected chi connectivity index (χ4v) is 5.72. The van der Waals surface area contributed by atoms with Gasteiger partial charge in [-0.2, -0.15) is 0 Å². The average Bonchev–Trinajstić information content (AvgIpc) is 3.25. The number of thioether (sulfide) groups is 1. The highest BCUT2D eigenvalue weighted by molar-refractivity contribution is 8.00. The summed E-state index contributed by atoms with van der Waals surface area (Å²) in [5, 5.41) is 6.39. The van der Waals surface area contributed by atoms with Gasteiger partial charge in [0.2, 0.25) is 5.91 Å². The average molecular weight is 486 g/mol. The van der Waals surface area contributed by atoms with Crippen molar-refractivity contribution in [2.45, 2.75) is 31.2 Å². The second-order valence-electron chi connectivity index (χ2n) is 9.37. The number of piperidine rings is 1. The molecule has 5 rings (SSSR count). The molecule has 0 bridgehead atoms. The highest BCUT2D eigenvalue weighted by atomic mass is 32.2. The van der Waals surface area contributed by atoms with Crippen molar-refractivity contribution in [3.63, 3.8) is 0 Å². The van der Waals surface area contributed by atoms with E-state index in [1.165, 1.54) is 0 Å². The van der Waals surface area contributed by atoms with Gasteiger partial charge in [0.15, 0.2) is 0 Å². The van der Waals surface area contributed by atoms with Crippen LogP contribution in [-0.2, 0) is 11.3 Å². The summed E-state index contributed by atoms with van der Waals surface area (Å²) in [5.74, 6) is 1.33. The molecule has 0 saturated carbocycles. The van der Waals surface area contributed by atoms with Crippen molar-refractivity contribution >= 4 is 45.3 Å². The molecule has 3 aromatic carbocycles. The molecule has 180 valence electrons. The number of para-hydroxylation sites is 1. The summed E-state index contributed by atoms with van der Waals surface area (Å²) < 4.78 is 2.17. The molecule has 0 atom stereocenters. The Morgan fingerprint density at radius 1 is 0.971 bits per heavy atom. The molecule has 0 aliphatic carbocycles. The molecule has 2 heterocycles. The van der Waals surface area contributed by atoms with Crippen LogP contribution in [0.2, 0.25) is 0 Å². The van der Waals surface area contributed by atoms with Crippen LogP contribution in [0.3, 0.4) is 0 Å². The summed E-state index contributed by atoms with van der Waals surface area (Å²) in [5.41, 5.74) is 1.79. The van der Waals surface area contributed by atoms with E-state index in [-0.39, 0.29) is 11.8 Å². The van der Waals surface area contributed by atoms with E-state index in [9.17, 15) is 9.59 Å². The second-order valence-corrected chi connectivity index (χ2v) is 10.4. The molecule has 35 heavy (non-hydrogen) atoms. The van der Waals surface area contributed by atoms with Crippen LogP contribution in [0.25, 0.3) is 21.7 Å². The van der Waals surface area contributed by atoms with Crippen molar-refractivity contribution in [1.82, 2.24) is 14.8 Å². The molecular formula is C29H31N3O2S. The Morgan fingerprint density at radius 3 is 2.54 bits per heavy atom. The number of fused-ring (bicyclic) bond motifs is 2. The van der Waals surface area contributed by atoms with Crippen molar-refractivity contribution in [1.29, 1.82) is 0 Å². The fourth-order valence-electron chi connectivity index (χ4n) is 4.72. The molecule has 4 aromatic rings. The van der Waals surface area contributed by atoms with Gasteiger partial charge < -0.3 is 14.8 Å². The van der Waals surface area contributed by atoms with Gasteiger partial charge in [-0.1, -0.05) is 55.5 Å². The van der Waals surface area contributed by atoms with E-state index in [4.69, 9.17) is 0 Å². The van der Waals surface area contributed by atoms with Gasteiger partial charge in [-0.25, -0.2) is 0 Å². The number of nitrogens with zero attached hydrogens (tertiary/aromatic N) is 2. The standard InChI is InChI=1S/C29H31N3O2S/c1-21-12-15-31(16-13-21)28(33)20-35-27-19-32(26-9-5-4-8-25(26)27)17-14-30-29(34)24-11-10-22-6-2-3-7-23(22)18-24/h2-11,18-19,21H,12-17,20H2,1H3,(H,30,34). The number of aromatic nitrogens is 1. The first kappa shape index (κ1) is 23.5. The monoisotopic (exact) mass is 485 g/mol. The lowest BCUT2D eigenvalue weighted by Gasteiger charge is -2.30. The molecule has 1 N–H and O–H groups in total. The molecule has 0 spiro atoms. The summed E-state index contributed by atoms with van der Waals surface area (Å²) in [6.07, 6.45) is 4.31. The molecule has 0 unspecified atom stereocenters. The largest absolute Gasteiger partial charge is 0.350 e. The van der Waals surface area contributed by atoms with Gasteiger partial charge in [0.05, 0.1) is 5.75 Å². The summed E-state index contributed by atoms with van der Waals surface area (Å²) in [6.45, 7) is 5.20. The van der Waals surface area contributed by atoms with Gasteiger partial charge in [0.1, 0.15) is 0 Å². The molecule has 1 aliphatic rings. The lowest BCUT2D eigenvalue weighted by atomic mass is 9.99. The normalized spacial score (nSPS) is 14.5. The lowest BCUT2D eigenvalue weighted by Crippen LogP contribution is -2.38. The van der Waals surface area contributed by atoms with Gasteiger partial charge in [0.25, 0.3) is 5.91 Å². The molecule has 5 nitrogen and oxygen atoms in total. The third-order valence-corrected chi connectivity index (χ3v) is 7.92. The van der Waals surface area contributed by atoms with Crippen LogP contribution in [0.1, 0.15) is 30.1 Å². The summed E-state index contributed by atoms with van der Waals surface area (Å²) in [6, 6.07) is 22.1. The lowest BCUT2D eigenvalue weighted by molar-refractivity contribution is -0.129.